The monoisotopic (exact) mass is 866 g/mol. The molecule has 0 spiro atoms. The standard InChI is InChI=1S/C55H33F3N6S/c56-55(57,58)38-17-10-16-37(32-38)52-60-48-41(22-12-26-46(48)63(52)39-18-6-2-7-19-39)42-23-13-27-47-49(42)61-53(64(47)40-20-8-3-9-21-40)44-25-11-24-43-45-33-59-51(62-54(45)65-50(43)44)36-30-28-35(29-31-36)34-14-4-1-5-15-34/h1-33H. The second kappa shape index (κ2) is 15.3. The average molecular weight is 867 g/mol. The third-order valence-electron chi connectivity index (χ3n) is 11.9. The Morgan fingerprint density at radius 3 is 1.60 bits per heavy atom. The molecule has 0 fully saturated rings. The Bertz CT molecular complexity index is 3750. The van der Waals surface area contributed by atoms with Crippen LogP contribution in [0.25, 0.3) is 110 Å². The van der Waals surface area contributed by atoms with Gasteiger partial charge in [-0.15, -0.1) is 11.3 Å². The highest BCUT2D eigenvalue weighted by atomic mass is 32.1. The van der Waals surface area contributed by atoms with Crippen LogP contribution in [0.15, 0.2) is 200 Å². The minimum Gasteiger partial charge on any atom is -0.292 e. The number of rotatable bonds is 7. The van der Waals surface area contributed by atoms with E-state index in [2.05, 4.69) is 77.4 Å². The van der Waals surface area contributed by atoms with Crippen LogP contribution < -0.4 is 0 Å². The highest BCUT2D eigenvalue weighted by molar-refractivity contribution is 7.26. The Kier molecular flexibility index (Phi) is 9.03. The first kappa shape index (κ1) is 38.5. The van der Waals surface area contributed by atoms with Gasteiger partial charge in [0.15, 0.2) is 5.82 Å². The van der Waals surface area contributed by atoms with Gasteiger partial charge in [0.05, 0.1) is 27.6 Å². The summed E-state index contributed by atoms with van der Waals surface area (Å²) >= 11 is 1.62. The molecule has 0 amide bonds. The van der Waals surface area contributed by atoms with Crippen LogP contribution in [-0.2, 0) is 6.18 Å². The topological polar surface area (TPSA) is 61.4 Å². The molecule has 0 saturated carbocycles. The van der Waals surface area contributed by atoms with Crippen LogP contribution >= 0.6 is 11.3 Å². The van der Waals surface area contributed by atoms with Crippen molar-refractivity contribution in [1.82, 2.24) is 29.1 Å². The van der Waals surface area contributed by atoms with Gasteiger partial charge in [0.1, 0.15) is 16.5 Å². The van der Waals surface area contributed by atoms with Gasteiger partial charge in [0.2, 0.25) is 0 Å². The van der Waals surface area contributed by atoms with Gasteiger partial charge in [-0.05, 0) is 65.7 Å². The zero-order valence-electron chi connectivity index (χ0n) is 34.3. The summed E-state index contributed by atoms with van der Waals surface area (Å²) in [4.78, 5) is 21.5. The Morgan fingerprint density at radius 2 is 0.954 bits per heavy atom. The van der Waals surface area contributed by atoms with Crippen molar-refractivity contribution in [3.8, 4) is 67.8 Å². The fourth-order valence-electron chi connectivity index (χ4n) is 8.86. The number of para-hydroxylation sites is 4. The molecule has 0 unspecified atom stereocenters. The SMILES string of the molecule is FC(F)(F)c1cccc(-c2nc3c(-c4cccc5c4nc(-c4cccc6c4sc4nc(-c7ccc(-c8ccccc8)cc7)ncc46)n5-c4ccccc4)cccc3n2-c2ccccc2)c1. The van der Waals surface area contributed by atoms with E-state index in [0.717, 1.165) is 93.5 Å². The summed E-state index contributed by atoms with van der Waals surface area (Å²) in [7, 11) is 0. The molecule has 65 heavy (non-hydrogen) atoms. The molecule has 0 bridgehead atoms. The molecule has 12 aromatic rings. The first-order valence-electron chi connectivity index (χ1n) is 21.0. The highest BCUT2D eigenvalue weighted by Gasteiger charge is 2.31. The molecule has 8 aromatic carbocycles. The lowest BCUT2D eigenvalue weighted by atomic mass is 10.0. The third-order valence-corrected chi connectivity index (χ3v) is 13.0. The largest absolute Gasteiger partial charge is 0.416 e. The van der Waals surface area contributed by atoms with Crippen LogP contribution in [0, 0.1) is 0 Å². The van der Waals surface area contributed by atoms with Crippen molar-refractivity contribution in [1.29, 1.82) is 0 Å². The van der Waals surface area contributed by atoms with Crippen molar-refractivity contribution in [2.24, 2.45) is 0 Å². The molecule has 4 heterocycles. The lowest BCUT2D eigenvalue weighted by Crippen LogP contribution is -2.05. The van der Waals surface area contributed by atoms with Crippen LogP contribution in [0.4, 0.5) is 13.2 Å². The zero-order chi connectivity index (χ0) is 43.6. The van der Waals surface area contributed by atoms with Crippen molar-refractivity contribution >= 4 is 53.7 Å². The number of alkyl halides is 3. The molecule has 0 N–H and O–H groups in total. The molecule has 0 aliphatic rings. The first-order chi connectivity index (χ1) is 31.9. The van der Waals surface area contributed by atoms with Gasteiger partial charge < -0.3 is 0 Å². The van der Waals surface area contributed by atoms with E-state index < -0.39 is 11.7 Å². The van der Waals surface area contributed by atoms with E-state index in [-0.39, 0.29) is 0 Å². The normalized spacial score (nSPS) is 11.9. The molecule has 0 aliphatic carbocycles. The summed E-state index contributed by atoms with van der Waals surface area (Å²) in [6, 6.07) is 62.1. The zero-order valence-corrected chi connectivity index (χ0v) is 35.1. The number of benzene rings is 8. The maximum atomic E-state index is 14.1. The summed E-state index contributed by atoms with van der Waals surface area (Å²) in [6.45, 7) is 0. The maximum Gasteiger partial charge on any atom is 0.416 e. The quantitative estimate of drug-likeness (QED) is 0.160. The predicted octanol–water partition coefficient (Wildman–Crippen LogP) is 14.9. The first-order valence-corrected chi connectivity index (χ1v) is 21.9. The number of hydrogen-bond donors (Lipinski definition) is 0. The molecule has 0 radical (unpaired) electrons. The summed E-state index contributed by atoms with van der Waals surface area (Å²) < 4.78 is 47.3. The number of imidazole rings is 2. The number of fused-ring (bicyclic) bond motifs is 5. The number of aromatic nitrogens is 6. The Hall–Kier alpha value is -8.21. The minimum absolute atomic E-state index is 0.355. The predicted molar refractivity (Wildman–Crippen MR) is 256 cm³/mol. The summed E-state index contributed by atoms with van der Waals surface area (Å²) in [5.41, 5.74) is 10.2. The lowest BCUT2D eigenvalue weighted by Gasteiger charge is -2.12. The number of halogens is 3. The van der Waals surface area contributed by atoms with Crippen molar-refractivity contribution in [3.63, 3.8) is 0 Å². The molecule has 0 saturated heterocycles. The van der Waals surface area contributed by atoms with E-state index in [4.69, 9.17) is 19.9 Å². The lowest BCUT2D eigenvalue weighted by molar-refractivity contribution is -0.137. The van der Waals surface area contributed by atoms with Gasteiger partial charge in [-0.1, -0.05) is 140 Å². The molecular weight excluding hydrogens is 834 g/mol. The number of hydrogen-bond acceptors (Lipinski definition) is 5. The van der Waals surface area contributed by atoms with Gasteiger partial charge in [-0.2, -0.15) is 13.2 Å². The van der Waals surface area contributed by atoms with Crippen molar-refractivity contribution in [2.75, 3.05) is 0 Å². The number of thiophene rings is 1. The Labute approximate surface area is 374 Å². The van der Waals surface area contributed by atoms with Gasteiger partial charge in [0.25, 0.3) is 0 Å². The van der Waals surface area contributed by atoms with Crippen LogP contribution in [0.1, 0.15) is 5.56 Å². The fourth-order valence-corrected chi connectivity index (χ4v) is 10.0. The van der Waals surface area contributed by atoms with Gasteiger partial charge in [-0.3, -0.25) is 9.13 Å². The van der Waals surface area contributed by atoms with Crippen LogP contribution in [0.3, 0.4) is 0 Å². The molecule has 10 heteroatoms. The molecule has 4 aromatic heterocycles. The van der Waals surface area contributed by atoms with E-state index in [1.807, 2.05) is 108 Å². The van der Waals surface area contributed by atoms with E-state index in [9.17, 15) is 13.2 Å². The summed E-state index contributed by atoms with van der Waals surface area (Å²) in [5, 5.41) is 2.01. The smallest absolute Gasteiger partial charge is 0.292 e. The van der Waals surface area contributed by atoms with Crippen molar-refractivity contribution < 1.29 is 13.2 Å². The molecule has 12 rings (SSSR count). The minimum atomic E-state index is -4.51. The fraction of sp³-hybridized carbons (Fsp3) is 0.0182. The van der Waals surface area contributed by atoms with E-state index in [1.54, 1.807) is 17.4 Å². The molecule has 0 aliphatic heterocycles. The molecule has 6 nitrogen and oxygen atoms in total. The van der Waals surface area contributed by atoms with E-state index in [1.165, 1.54) is 12.1 Å². The molecule has 310 valence electrons. The van der Waals surface area contributed by atoms with Crippen molar-refractivity contribution in [2.45, 2.75) is 6.18 Å². The van der Waals surface area contributed by atoms with Crippen LogP contribution in [0.2, 0.25) is 0 Å². The average Bonchev–Trinajstić information content (AvgIpc) is 4.06. The van der Waals surface area contributed by atoms with Crippen molar-refractivity contribution in [3.05, 3.63) is 206 Å². The highest BCUT2D eigenvalue weighted by Crippen LogP contribution is 2.44. The van der Waals surface area contributed by atoms with Gasteiger partial charge >= 0.3 is 6.18 Å². The van der Waals surface area contributed by atoms with Crippen LogP contribution in [-0.4, -0.2) is 29.1 Å². The second-order valence-corrected chi connectivity index (χ2v) is 16.8. The molecular formula is C55H33F3N6S. The summed E-state index contributed by atoms with van der Waals surface area (Å²) in [6.07, 6.45) is -2.59. The maximum absolute atomic E-state index is 14.1. The van der Waals surface area contributed by atoms with Gasteiger partial charge in [-0.25, -0.2) is 19.9 Å². The van der Waals surface area contributed by atoms with E-state index in [0.29, 0.717) is 22.7 Å². The second-order valence-electron chi connectivity index (χ2n) is 15.8. The van der Waals surface area contributed by atoms with Crippen LogP contribution in [0.5, 0.6) is 0 Å². The van der Waals surface area contributed by atoms with E-state index >= 15 is 0 Å². The third kappa shape index (κ3) is 6.57. The summed E-state index contributed by atoms with van der Waals surface area (Å²) in [5.74, 6) is 1.82. The Balaban J connectivity index is 1.04. The van der Waals surface area contributed by atoms with Gasteiger partial charge in [0, 0.05) is 60.9 Å². The Morgan fingerprint density at radius 1 is 0.431 bits per heavy atom. The molecule has 0 atom stereocenters. The number of nitrogens with zero attached hydrogens (tertiary/aromatic N) is 6.